The molecule has 0 bridgehead atoms. The van der Waals surface area contributed by atoms with Crippen LogP contribution in [0.15, 0.2) is 0 Å². The van der Waals surface area contributed by atoms with Crippen molar-refractivity contribution in [3.63, 3.8) is 0 Å². The third-order valence-corrected chi connectivity index (χ3v) is 4.68. The van der Waals surface area contributed by atoms with E-state index < -0.39 is 0 Å². The first-order chi connectivity index (χ1) is 8.70. The predicted molar refractivity (Wildman–Crippen MR) is 72.7 cm³/mol. The molecule has 3 unspecified atom stereocenters. The Morgan fingerprint density at radius 3 is 2.67 bits per heavy atom. The molecule has 2 saturated heterocycles. The van der Waals surface area contributed by atoms with Crippen LogP contribution in [0, 0.1) is 0 Å². The summed E-state index contributed by atoms with van der Waals surface area (Å²) in [6.07, 6.45) is 6.35. The van der Waals surface area contributed by atoms with Crippen LogP contribution < -0.4 is 5.73 Å². The second kappa shape index (κ2) is 6.33. The van der Waals surface area contributed by atoms with Crippen molar-refractivity contribution in [3.05, 3.63) is 0 Å². The summed E-state index contributed by atoms with van der Waals surface area (Å²) in [5.41, 5.74) is 6.21. The van der Waals surface area contributed by atoms with E-state index in [4.69, 9.17) is 15.2 Å². The molecule has 2 aliphatic rings. The molecule has 0 aromatic heterocycles. The van der Waals surface area contributed by atoms with Gasteiger partial charge in [-0.2, -0.15) is 0 Å². The number of ether oxygens (including phenoxy) is 2. The van der Waals surface area contributed by atoms with Crippen LogP contribution in [0.4, 0.5) is 0 Å². The molecule has 0 radical (unpaired) electrons. The average Bonchev–Trinajstić information content (AvgIpc) is 2.91. The topological polar surface area (TPSA) is 47.7 Å². The molecule has 2 rings (SSSR count). The van der Waals surface area contributed by atoms with Gasteiger partial charge in [-0.3, -0.25) is 4.90 Å². The second-order valence-corrected chi connectivity index (χ2v) is 5.80. The number of nitrogens with two attached hydrogens (primary N) is 1. The molecular weight excluding hydrogens is 228 g/mol. The summed E-state index contributed by atoms with van der Waals surface area (Å²) >= 11 is 0. The summed E-state index contributed by atoms with van der Waals surface area (Å²) in [5, 5.41) is 0. The van der Waals surface area contributed by atoms with E-state index in [1.54, 1.807) is 0 Å². The Hall–Kier alpha value is -0.160. The van der Waals surface area contributed by atoms with Crippen molar-refractivity contribution >= 4 is 0 Å². The van der Waals surface area contributed by atoms with Gasteiger partial charge >= 0.3 is 0 Å². The molecule has 0 aromatic rings. The molecule has 2 fully saturated rings. The predicted octanol–water partition coefficient (Wildman–Crippen LogP) is 1.38. The number of hydrogen-bond acceptors (Lipinski definition) is 4. The van der Waals surface area contributed by atoms with Crippen LogP contribution in [-0.4, -0.2) is 56.0 Å². The lowest BCUT2D eigenvalue weighted by Crippen LogP contribution is -2.58. The summed E-state index contributed by atoms with van der Waals surface area (Å²) in [4.78, 5) is 2.44. The fourth-order valence-corrected chi connectivity index (χ4v) is 3.24. The maximum Gasteiger partial charge on any atom is 0.0702 e. The van der Waals surface area contributed by atoms with Crippen molar-refractivity contribution < 1.29 is 9.47 Å². The maximum absolute atomic E-state index is 6.09. The molecule has 2 heterocycles. The molecule has 2 aliphatic heterocycles. The van der Waals surface area contributed by atoms with E-state index in [1.807, 2.05) is 0 Å². The van der Waals surface area contributed by atoms with Gasteiger partial charge in [0.1, 0.15) is 0 Å². The Labute approximate surface area is 111 Å². The molecule has 0 aromatic carbocycles. The molecule has 0 amide bonds. The van der Waals surface area contributed by atoms with E-state index in [9.17, 15) is 0 Å². The summed E-state index contributed by atoms with van der Waals surface area (Å²) in [5.74, 6) is 0. The lowest BCUT2D eigenvalue weighted by molar-refractivity contribution is -0.0741. The number of hydrogen-bond donors (Lipinski definition) is 1. The molecular formula is C14H28N2O2. The summed E-state index contributed by atoms with van der Waals surface area (Å²) in [7, 11) is 2.20. The van der Waals surface area contributed by atoms with Crippen molar-refractivity contribution in [2.45, 2.75) is 56.8 Å². The quantitative estimate of drug-likeness (QED) is 0.807. The van der Waals surface area contributed by atoms with Crippen molar-refractivity contribution in [2.75, 3.05) is 33.4 Å². The van der Waals surface area contributed by atoms with Crippen molar-refractivity contribution in [1.82, 2.24) is 4.90 Å². The van der Waals surface area contributed by atoms with Crippen LogP contribution in [0.1, 0.15) is 39.0 Å². The maximum atomic E-state index is 6.09. The molecule has 18 heavy (non-hydrogen) atoms. The minimum absolute atomic E-state index is 0.116. The third kappa shape index (κ3) is 3.05. The van der Waals surface area contributed by atoms with E-state index in [-0.39, 0.29) is 5.54 Å². The number of likely N-dealkylation sites (N-methyl/N-ethyl adjacent to an activating group) is 1. The SMILES string of the molecule is CCC1CC(CN)(N(C)CC2CCCO2)CCO1. The Morgan fingerprint density at radius 2 is 2.06 bits per heavy atom. The standard InChI is InChI=1S/C14H28N2O2/c1-3-12-9-14(11-15,6-8-18-12)16(2)10-13-5-4-7-17-13/h12-13H,3-11,15H2,1-2H3. The van der Waals surface area contributed by atoms with Crippen molar-refractivity contribution in [2.24, 2.45) is 5.73 Å². The zero-order valence-electron chi connectivity index (χ0n) is 11.9. The molecule has 106 valence electrons. The number of nitrogens with zero attached hydrogens (tertiary/aromatic N) is 1. The van der Waals surface area contributed by atoms with E-state index >= 15 is 0 Å². The largest absolute Gasteiger partial charge is 0.378 e. The Balaban J connectivity index is 1.96. The van der Waals surface area contributed by atoms with Crippen LogP contribution in [0.5, 0.6) is 0 Å². The summed E-state index contributed by atoms with van der Waals surface area (Å²) in [6.45, 7) is 5.68. The monoisotopic (exact) mass is 256 g/mol. The molecule has 0 spiro atoms. The van der Waals surface area contributed by atoms with Gasteiger partial charge in [0, 0.05) is 31.8 Å². The second-order valence-electron chi connectivity index (χ2n) is 5.80. The third-order valence-electron chi connectivity index (χ3n) is 4.68. The van der Waals surface area contributed by atoms with Gasteiger partial charge in [0.05, 0.1) is 12.2 Å². The minimum Gasteiger partial charge on any atom is -0.378 e. The summed E-state index contributed by atoms with van der Waals surface area (Å²) in [6, 6.07) is 0. The van der Waals surface area contributed by atoms with E-state index in [1.165, 1.54) is 12.8 Å². The van der Waals surface area contributed by atoms with Gasteiger partial charge in [-0.15, -0.1) is 0 Å². The lowest BCUT2D eigenvalue weighted by Gasteiger charge is -2.47. The molecule has 0 saturated carbocycles. The first-order valence-corrected chi connectivity index (χ1v) is 7.34. The fraction of sp³-hybridized carbons (Fsp3) is 1.00. The van der Waals surface area contributed by atoms with Gasteiger partial charge in [-0.05, 0) is 39.2 Å². The minimum atomic E-state index is 0.116. The molecule has 0 aliphatic carbocycles. The lowest BCUT2D eigenvalue weighted by atomic mass is 9.84. The van der Waals surface area contributed by atoms with Gasteiger partial charge in [0.15, 0.2) is 0 Å². The van der Waals surface area contributed by atoms with Crippen molar-refractivity contribution in [3.8, 4) is 0 Å². The van der Waals surface area contributed by atoms with Gasteiger partial charge in [0.2, 0.25) is 0 Å². The van der Waals surface area contributed by atoms with Gasteiger partial charge in [0.25, 0.3) is 0 Å². The smallest absolute Gasteiger partial charge is 0.0702 e. The van der Waals surface area contributed by atoms with Crippen LogP contribution in [0.3, 0.4) is 0 Å². The first kappa shape index (κ1) is 14.3. The zero-order chi connectivity index (χ0) is 13.0. The Kier molecular flexibility index (Phi) is 5.01. The number of rotatable bonds is 5. The highest BCUT2D eigenvalue weighted by Crippen LogP contribution is 2.31. The highest BCUT2D eigenvalue weighted by atomic mass is 16.5. The van der Waals surface area contributed by atoms with Crippen LogP contribution in [-0.2, 0) is 9.47 Å². The zero-order valence-corrected chi connectivity index (χ0v) is 11.9. The van der Waals surface area contributed by atoms with Crippen LogP contribution in [0.25, 0.3) is 0 Å². The van der Waals surface area contributed by atoms with Gasteiger partial charge in [-0.1, -0.05) is 6.92 Å². The fourth-order valence-electron chi connectivity index (χ4n) is 3.24. The van der Waals surface area contributed by atoms with Crippen LogP contribution >= 0.6 is 0 Å². The van der Waals surface area contributed by atoms with Crippen LogP contribution in [0.2, 0.25) is 0 Å². The Morgan fingerprint density at radius 1 is 1.28 bits per heavy atom. The highest BCUT2D eigenvalue weighted by molar-refractivity contribution is 4.96. The molecule has 4 nitrogen and oxygen atoms in total. The highest BCUT2D eigenvalue weighted by Gasteiger charge is 2.39. The average molecular weight is 256 g/mol. The van der Waals surface area contributed by atoms with E-state index in [0.717, 1.165) is 45.6 Å². The van der Waals surface area contributed by atoms with Crippen molar-refractivity contribution in [1.29, 1.82) is 0 Å². The van der Waals surface area contributed by atoms with E-state index in [0.29, 0.717) is 12.2 Å². The molecule has 2 N–H and O–H groups in total. The molecule has 4 heteroatoms. The van der Waals surface area contributed by atoms with Gasteiger partial charge < -0.3 is 15.2 Å². The van der Waals surface area contributed by atoms with E-state index in [2.05, 4.69) is 18.9 Å². The normalized spacial score (nSPS) is 37.3. The Bertz CT molecular complexity index is 256. The van der Waals surface area contributed by atoms with Gasteiger partial charge in [-0.25, -0.2) is 0 Å². The first-order valence-electron chi connectivity index (χ1n) is 7.34. The molecule has 3 atom stereocenters. The summed E-state index contributed by atoms with van der Waals surface area (Å²) < 4.78 is 11.5.